The summed E-state index contributed by atoms with van der Waals surface area (Å²) in [5.41, 5.74) is 3.56. The minimum absolute atomic E-state index is 0.00411. The van der Waals surface area contributed by atoms with Crippen molar-refractivity contribution in [2.24, 2.45) is 0 Å². The number of carbonyl (C=O) groups is 2. The molecule has 0 aliphatic heterocycles. The van der Waals surface area contributed by atoms with E-state index >= 15 is 0 Å². The molecule has 2 N–H and O–H groups in total. The molecule has 0 spiro atoms. The minimum atomic E-state index is -0.798. The first kappa shape index (κ1) is 18.4. The number of carbonyl (C=O) groups excluding carboxylic acids is 2. The molecule has 0 saturated carbocycles. The number of nitrogens with zero attached hydrogens (tertiary/aromatic N) is 3. The molecule has 0 aliphatic carbocycles. The number of rotatable bonds is 7. The first-order valence-corrected chi connectivity index (χ1v) is 8.50. The van der Waals surface area contributed by atoms with Crippen LogP contribution in [0.15, 0.2) is 49.1 Å². The first-order chi connectivity index (χ1) is 13.1. The van der Waals surface area contributed by atoms with Crippen molar-refractivity contribution in [1.82, 2.24) is 25.1 Å². The van der Waals surface area contributed by atoms with Crippen LogP contribution in [0.4, 0.5) is 0 Å². The van der Waals surface area contributed by atoms with Gasteiger partial charge >= 0.3 is 5.97 Å². The maximum Gasteiger partial charge on any atom is 0.328 e. The third-order valence-corrected chi connectivity index (χ3v) is 4.14. The molecule has 0 unspecified atom stereocenters. The van der Waals surface area contributed by atoms with Crippen molar-refractivity contribution in [2.45, 2.75) is 25.9 Å². The third kappa shape index (κ3) is 4.60. The summed E-state index contributed by atoms with van der Waals surface area (Å²) in [6.45, 7) is 1.90. The number of hydrogen-bond acceptors (Lipinski definition) is 5. The molecule has 0 bridgehead atoms. The zero-order valence-corrected chi connectivity index (χ0v) is 15.2. The standard InChI is InChI=1S/C19H21N5O3/c1-13-16(14-6-4-3-5-7-14)10-24(23-13)11-18(25)22-17(19(26)27-2)8-15-9-20-12-21-15/h3-7,9-10,12,17H,8,11H2,1-2H3,(H,20,21)(H,22,25)/t17-/m1/s1. The number of hydrogen-bond donors (Lipinski definition) is 2. The van der Waals surface area contributed by atoms with Gasteiger partial charge in [0.15, 0.2) is 0 Å². The van der Waals surface area contributed by atoms with Crippen molar-refractivity contribution in [3.63, 3.8) is 0 Å². The van der Waals surface area contributed by atoms with Crippen LogP contribution in [0.25, 0.3) is 11.1 Å². The van der Waals surface area contributed by atoms with E-state index in [9.17, 15) is 9.59 Å². The van der Waals surface area contributed by atoms with Crippen LogP contribution in [0.2, 0.25) is 0 Å². The van der Waals surface area contributed by atoms with Crippen LogP contribution in [0.1, 0.15) is 11.4 Å². The van der Waals surface area contributed by atoms with Crippen molar-refractivity contribution < 1.29 is 14.3 Å². The maximum absolute atomic E-state index is 12.4. The quantitative estimate of drug-likeness (QED) is 0.616. The molecular formula is C19H21N5O3. The normalized spacial score (nSPS) is 11.8. The SMILES string of the molecule is COC(=O)[C@@H](Cc1cnc[nH]1)NC(=O)Cn1cc(-c2ccccc2)c(C)n1. The topological polar surface area (TPSA) is 102 Å². The molecule has 1 atom stereocenters. The van der Waals surface area contributed by atoms with Gasteiger partial charge in [0.1, 0.15) is 12.6 Å². The summed E-state index contributed by atoms with van der Waals surface area (Å²) in [6, 6.07) is 9.04. The molecule has 140 valence electrons. The molecule has 0 saturated heterocycles. The molecule has 8 heteroatoms. The van der Waals surface area contributed by atoms with E-state index in [0.717, 1.165) is 22.5 Å². The Bertz CT molecular complexity index is 903. The van der Waals surface area contributed by atoms with Crippen molar-refractivity contribution in [3.8, 4) is 11.1 Å². The summed E-state index contributed by atoms with van der Waals surface area (Å²) in [4.78, 5) is 31.2. The highest BCUT2D eigenvalue weighted by Crippen LogP contribution is 2.21. The second-order valence-electron chi connectivity index (χ2n) is 6.12. The van der Waals surface area contributed by atoms with Gasteiger partial charge in [-0.05, 0) is 12.5 Å². The number of amides is 1. The lowest BCUT2D eigenvalue weighted by Crippen LogP contribution is -2.44. The molecule has 0 radical (unpaired) electrons. The zero-order valence-electron chi connectivity index (χ0n) is 15.2. The average molecular weight is 367 g/mol. The predicted molar refractivity (Wildman–Crippen MR) is 98.6 cm³/mol. The predicted octanol–water partition coefficient (Wildman–Crippen LogP) is 1.48. The smallest absolute Gasteiger partial charge is 0.328 e. The Hall–Kier alpha value is -3.42. The van der Waals surface area contributed by atoms with E-state index in [2.05, 4.69) is 20.4 Å². The molecule has 0 aliphatic rings. The molecule has 8 nitrogen and oxygen atoms in total. The molecule has 27 heavy (non-hydrogen) atoms. The van der Waals surface area contributed by atoms with Gasteiger partial charge in [0.05, 0.1) is 19.1 Å². The number of benzene rings is 1. The fourth-order valence-electron chi connectivity index (χ4n) is 2.84. The summed E-state index contributed by atoms with van der Waals surface area (Å²) in [7, 11) is 1.29. The van der Waals surface area contributed by atoms with Crippen molar-refractivity contribution in [3.05, 3.63) is 60.4 Å². The number of nitrogens with one attached hydrogen (secondary N) is 2. The van der Waals surface area contributed by atoms with E-state index in [1.807, 2.05) is 43.5 Å². The second kappa shape index (κ2) is 8.31. The first-order valence-electron chi connectivity index (χ1n) is 8.50. The Morgan fingerprint density at radius 3 is 2.74 bits per heavy atom. The highest BCUT2D eigenvalue weighted by atomic mass is 16.5. The van der Waals surface area contributed by atoms with Gasteiger partial charge in [-0.3, -0.25) is 9.48 Å². The number of aromatic amines is 1. The molecule has 3 aromatic rings. The molecule has 2 aromatic heterocycles. The Morgan fingerprint density at radius 1 is 1.30 bits per heavy atom. The summed E-state index contributed by atoms with van der Waals surface area (Å²) < 4.78 is 6.35. The molecule has 1 aromatic carbocycles. The van der Waals surface area contributed by atoms with Gasteiger partial charge in [0.25, 0.3) is 0 Å². The Balaban J connectivity index is 1.68. The van der Waals surface area contributed by atoms with E-state index in [1.54, 1.807) is 10.9 Å². The van der Waals surface area contributed by atoms with Gasteiger partial charge in [-0.2, -0.15) is 5.10 Å². The van der Waals surface area contributed by atoms with E-state index in [1.165, 1.54) is 13.4 Å². The van der Waals surface area contributed by atoms with E-state index in [0.29, 0.717) is 0 Å². The summed E-state index contributed by atoms with van der Waals surface area (Å²) in [5.74, 6) is -0.841. The fourth-order valence-corrected chi connectivity index (χ4v) is 2.84. The van der Waals surface area contributed by atoms with Gasteiger partial charge < -0.3 is 15.0 Å². The molecule has 2 heterocycles. The Morgan fingerprint density at radius 2 is 2.07 bits per heavy atom. The number of methoxy groups -OCH3 is 1. The van der Waals surface area contributed by atoms with Gasteiger partial charge in [-0.15, -0.1) is 0 Å². The van der Waals surface area contributed by atoms with Crippen molar-refractivity contribution in [1.29, 1.82) is 0 Å². The Labute approximate surface area is 156 Å². The van der Waals surface area contributed by atoms with Gasteiger partial charge in [-0.25, -0.2) is 9.78 Å². The lowest BCUT2D eigenvalue weighted by molar-refractivity contribution is -0.145. The van der Waals surface area contributed by atoms with Crippen LogP contribution in [-0.4, -0.2) is 44.8 Å². The summed E-state index contributed by atoms with van der Waals surface area (Å²) in [5, 5.41) is 7.10. The highest BCUT2D eigenvalue weighted by molar-refractivity contribution is 5.84. The summed E-state index contributed by atoms with van der Waals surface area (Å²) in [6.07, 6.45) is 5.21. The van der Waals surface area contributed by atoms with Gasteiger partial charge in [0, 0.05) is 30.1 Å². The molecule has 3 rings (SSSR count). The largest absolute Gasteiger partial charge is 0.467 e. The average Bonchev–Trinajstić information content (AvgIpc) is 3.30. The maximum atomic E-state index is 12.4. The van der Waals surface area contributed by atoms with E-state index < -0.39 is 12.0 Å². The number of aromatic nitrogens is 4. The van der Waals surface area contributed by atoms with Crippen LogP contribution in [-0.2, 0) is 27.3 Å². The Kier molecular flexibility index (Phi) is 5.65. The van der Waals surface area contributed by atoms with Crippen LogP contribution in [0, 0.1) is 6.92 Å². The number of H-pyrrole nitrogens is 1. The lowest BCUT2D eigenvalue weighted by atomic mass is 10.1. The number of ether oxygens (including phenoxy) is 1. The monoisotopic (exact) mass is 367 g/mol. The van der Waals surface area contributed by atoms with Crippen LogP contribution in [0.3, 0.4) is 0 Å². The van der Waals surface area contributed by atoms with E-state index in [-0.39, 0.29) is 18.9 Å². The molecule has 1 amide bonds. The van der Waals surface area contributed by atoms with Crippen molar-refractivity contribution >= 4 is 11.9 Å². The van der Waals surface area contributed by atoms with Gasteiger partial charge in [0.2, 0.25) is 5.91 Å². The number of aryl methyl sites for hydroxylation is 1. The zero-order chi connectivity index (χ0) is 19.2. The van der Waals surface area contributed by atoms with Crippen LogP contribution >= 0.6 is 0 Å². The van der Waals surface area contributed by atoms with E-state index in [4.69, 9.17) is 4.74 Å². The fraction of sp³-hybridized carbons (Fsp3) is 0.263. The third-order valence-electron chi connectivity index (χ3n) is 4.14. The minimum Gasteiger partial charge on any atom is -0.467 e. The van der Waals surface area contributed by atoms with Crippen LogP contribution < -0.4 is 5.32 Å². The number of imidazole rings is 1. The molecular weight excluding hydrogens is 346 g/mol. The van der Waals surface area contributed by atoms with Crippen molar-refractivity contribution in [2.75, 3.05) is 7.11 Å². The van der Waals surface area contributed by atoms with Gasteiger partial charge in [-0.1, -0.05) is 30.3 Å². The number of esters is 1. The van der Waals surface area contributed by atoms with Crippen LogP contribution in [0.5, 0.6) is 0 Å². The second-order valence-corrected chi connectivity index (χ2v) is 6.12. The molecule has 0 fully saturated rings. The highest BCUT2D eigenvalue weighted by Gasteiger charge is 2.23. The summed E-state index contributed by atoms with van der Waals surface area (Å²) >= 11 is 0. The lowest BCUT2D eigenvalue weighted by Gasteiger charge is -2.15.